The van der Waals surface area contributed by atoms with Crippen LogP contribution in [0.15, 0.2) is 67.0 Å². The third-order valence-corrected chi connectivity index (χ3v) is 4.57. The van der Waals surface area contributed by atoms with Crippen LogP contribution in [0.1, 0.15) is 16.1 Å². The molecule has 0 aliphatic heterocycles. The number of rotatable bonds is 7. The van der Waals surface area contributed by atoms with Crippen LogP contribution in [0.4, 0.5) is 14.6 Å². The number of benzene rings is 2. The number of nitrogens with zero attached hydrogens (tertiary/aromatic N) is 4. The predicted octanol–water partition coefficient (Wildman–Crippen LogP) is 4.35. The predicted molar refractivity (Wildman–Crippen MR) is 110 cm³/mol. The molecule has 2 aromatic carbocycles. The van der Waals surface area contributed by atoms with E-state index in [0.29, 0.717) is 11.3 Å². The maximum Gasteiger partial charge on any atom is 0.277 e. The molecule has 0 atom stereocenters. The molecule has 31 heavy (non-hydrogen) atoms. The number of ether oxygens (including phenoxy) is 1. The van der Waals surface area contributed by atoms with E-state index in [-0.39, 0.29) is 41.4 Å². The summed E-state index contributed by atoms with van der Waals surface area (Å²) in [4.78, 5) is 12.5. The van der Waals surface area contributed by atoms with E-state index in [0.717, 1.165) is 0 Å². The molecule has 0 fully saturated rings. The van der Waals surface area contributed by atoms with Crippen LogP contribution in [0.5, 0.6) is 5.75 Å². The first-order chi connectivity index (χ1) is 15.0. The Kier molecular flexibility index (Phi) is 5.94. The van der Waals surface area contributed by atoms with Crippen LogP contribution in [0.2, 0.25) is 5.02 Å². The van der Waals surface area contributed by atoms with Gasteiger partial charge in [-0.1, -0.05) is 29.8 Å². The van der Waals surface area contributed by atoms with Crippen molar-refractivity contribution in [3.8, 4) is 5.75 Å². The molecule has 0 bridgehead atoms. The Bertz CT molecular complexity index is 1210. The van der Waals surface area contributed by atoms with Crippen molar-refractivity contribution in [1.82, 2.24) is 19.6 Å². The van der Waals surface area contributed by atoms with Gasteiger partial charge >= 0.3 is 0 Å². The molecule has 7 nitrogen and oxygen atoms in total. The molecule has 1 N–H and O–H groups in total. The summed E-state index contributed by atoms with van der Waals surface area (Å²) in [5.41, 5.74) is 0.571. The van der Waals surface area contributed by atoms with Gasteiger partial charge in [0.15, 0.2) is 18.2 Å². The number of anilines is 1. The zero-order valence-corrected chi connectivity index (χ0v) is 16.8. The van der Waals surface area contributed by atoms with Crippen LogP contribution in [0.3, 0.4) is 0 Å². The fourth-order valence-corrected chi connectivity index (χ4v) is 2.96. The summed E-state index contributed by atoms with van der Waals surface area (Å²) in [5.74, 6) is -0.623. The number of hydrogen-bond donors (Lipinski definition) is 1. The molecule has 2 heterocycles. The number of nitrogens with one attached hydrogen (secondary N) is 1. The highest BCUT2D eigenvalue weighted by molar-refractivity contribution is 6.33. The van der Waals surface area contributed by atoms with E-state index in [4.69, 9.17) is 16.3 Å². The Balaban J connectivity index is 1.38. The Hall–Kier alpha value is -3.72. The summed E-state index contributed by atoms with van der Waals surface area (Å²) in [6.45, 7) is 0.203. The molecule has 0 saturated carbocycles. The Morgan fingerprint density at radius 2 is 1.81 bits per heavy atom. The van der Waals surface area contributed by atoms with Crippen molar-refractivity contribution < 1.29 is 18.3 Å². The van der Waals surface area contributed by atoms with Crippen LogP contribution in [0, 0.1) is 11.6 Å². The third kappa shape index (κ3) is 5.07. The smallest absolute Gasteiger partial charge is 0.277 e. The Labute approximate surface area is 180 Å². The second kappa shape index (κ2) is 8.97. The number of carbonyl (C=O) groups is 1. The van der Waals surface area contributed by atoms with Gasteiger partial charge in [-0.15, -0.1) is 0 Å². The fourth-order valence-electron chi connectivity index (χ4n) is 2.76. The molecule has 10 heteroatoms. The zero-order chi connectivity index (χ0) is 21.8. The topological polar surface area (TPSA) is 74.0 Å². The number of aromatic nitrogens is 4. The van der Waals surface area contributed by atoms with Crippen molar-refractivity contribution in [2.45, 2.75) is 13.3 Å². The minimum atomic E-state index is -0.515. The maximum absolute atomic E-state index is 13.8. The molecular formula is C21H16ClF2N5O2. The molecular weight excluding hydrogens is 428 g/mol. The second-order valence-electron chi connectivity index (χ2n) is 6.54. The lowest BCUT2D eigenvalue weighted by molar-refractivity contribution is 0.101. The van der Waals surface area contributed by atoms with Gasteiger partial charge in [-0.3, -0.25) is 9.48 Å². The molecule has 158 valence electrons. The van der Waals surface area contributed by atoms with Crippen LogP contribution in [0.25, 0.3) is 0 Å². The van der Waals surface area contributed by atoms with Crippen LogP contribution >= 0.6 is 11.6 Å². The Morgan fingerprint density at radius 1 is 1.03 bits per heavy atom. The molecule has 4 rings (SSSR count). The highest BCUT2D eigenvalue weighted by Crippen LogP contribution is 2.21. The third-order valence-electron chi connectivity index (χ3n) is 4.29. The molecule has 0 aliphatic carbocycles. The highest BCUT2D eigenvalue weighted by Gasteiger charge is 2.15. The van der Waals surface area contributed by atoms with Crippen LogP contribution < -0.4 is 10.1 Å². The molecule has 0 saturated heterocycles. The lowest BCUT2D eigenvalue weighted by Crippen LogP contribution is -2.15. The lowest BCUT2D eigenvalue weighted by atomic mass is 10.2. The van der Waals surface area contributed by atoms with Gasteiger partial charge in [0, 0.05) is 18.0 Å². The van der Waals surface area contributed by atoms with Gasteiger partial charge in [0.1, 0.15) is 22.4 Å². The Morgan fingerprint density at radius 3 is 2.58 bits per heavy atom. The van der Waals surface area contributed by atoms with Crippen molar-refractivity contribution in [1.29, 1.82) is 0 Å². The molecule has 0 unspecified atom stereocenters. The second-order valence-corrected chi connectivity index (χ2v) is 6.94. The summed E-state index contributed by atoms with van der Waals surface area (Å²) < 4.78 is 35.1. The summed E-state index contributed by atoms with van der Waals surface area (Å²) in [6, 6.07) is 13.4. The van der Waals surface area contributed by atoms with E-state index < -0.39 is 5.91 Å². The van der Waals surface area contributed by atoms with Crippen molar-refractivity contribution in [2.24, 2.45) is 0 Å². The minimum absolute atomic E-state index is 0.0386. The van der Waals surface area contributed by atoms with Gasteiger partial charge in [-0.05, 0) is 36.4 Å². The lowest BCUT2D eigenvalue weighted by Gasteiger charge is -2.05. The van der Waals surface area contributed by atoms with E-state index in [1.54, 1.807) is 24.4 Å². The number of carbonyl (C=O) groups excluding carboxylic acids is 1. The van der Waals surface area contributed by atoms with E-state index in [1.807, 2.05) is 0 Å². The zero-order valence-electron chi connectivity index (χ0n) is 16.0. The summed E-state index contributed by atoms with van der Waals surface area (Å²) in [6.07, 6.45) is 3.07. The highest BCUT2D eigenvalue weighted by atomic mass is 35.5. The quantitative estimate of drug-likeness (QED) is 0.461. The fraction of sp³-hybridized carbons (Fsp3) is 0.0952. The minimum Gasteiger partial charge on any atom is -0.471 e. The standard InChI is InChI=1S/C21H16ClF2N5O2/c22-17-12-29(11-14-3-1-2-4-18(14)24)27-20(17)25-21(30)19-9-10-28(26-19)13-31-16-7-5-15(23)6-8-16/h1-10,12H,11,13H2,(H,25,27,30). The molecule has 0 aliphatic rings. The number of halogens is 3. The first kappa shape index (κ1) is 20.5. The van der Waals surface area contributed by atoms with Gasteiger partial charge < -0.3 is 10.1 Å². The molecule has 1 amide bonds. The SMILES string of the molecule is O=C(Nc1nn(Cc2ccccc2F)cc1Cl)c1ccn(COc2ccc(F)cc2)n1. The molecule has 0 spiro atoms. The first-order valence-corrected chi connectivity index (χ1v) is 9.55. The largest absolute Gasteiger partial charge is 0.471 e. The van der Waals surface area contributed by atoms with Crippen molar-refractivity contribution in [3.05, 3.63) is 94.9 Å². The van der Waals surface area contributed by atoms with Gasteiger partial charge in [0.25, 0.3) is 5.91 Å². The first-order valence-electron chi connectivity index (χ1n) is 9.17. The molecule has 0 radical (unpaired) electrons. The van der Waals surface area contributed by atoms with Gasteiger partial charge in [-0.25, -0.2) is 13.5 Å². The summed E-state index contributed by atoms with van der Waals surface area (Å²) >= 11 is 6.15. The van der Waals surface area contributed by atoms with Gasteiger partial charge in [0.2, 0.25) is 0 Å². The van der Waals surface area contributed by atoms with Crippen LogP contribution in [-0.4, -0.2) is 25.5 Å². The van der Waals surface area contributed by atoms with E-state index in [1.165, 1.54) is 52.0 Å². The van der Waals surface area contributed by atoms with E-state index in [2.05, 4.69) is 15.5 Å². The number of amides is 1. The van der Waals surface area contributed by atoms with Gasteiger partial charge in [-0.2, -0.15) is 10.2 Å². The molecule has 4 aromatic rings. The van der Waals surface area contributed by atoms with E-state index >= 15 is 0 Å². The van der Waals surface area contributed by atoms with Crippen LogP contribution in [-0.2, 0) is 13.3 Å². The van der Waals surface area contributed by atoms with Crippen molar-refractivity contribution >= 4 is 23.3 Å². The van der Waals surface area contributed by atoms with Gasteiger partial charge in [0.05, 0.1) is 6.54 Å². The summed E-state index contributed by atoms with van der Waals surface area (Å²) in [5, 5.41) is 11.1. The number of hydrogen-bond acceptors (Lipinski definition) is 4. The average molecular weight is 444 g/mol. The average Bonchev–Trinajstić information content (AvgIpc) is 3.36. The summed E-state index contributed by atoms with van der Waals surface area (Å²) in [7, 11) is 0. The monoisotopic (exact) mass is 443 g/mol. The molecule has 2 aromatic heterocycles. The maximum atomic E-state index is 13.8. The van der Waals surface area contributed by atoms with Crippen molar-refractivity contribution in [2.75, 3.05) is 5.32 Å². The van der Waals surface area contributed by atoms with E-state index in [9.17, 15) is 13.6 Å². The van der Waals surface area contributed by atoms with Crippen molar-refractivity contribution in [3.63, 3.8) is 0 Å². The normalized spacial score (nSPS) is 10.8.